The van der Waals surface area contributed by atoms with Gasteiger partial charge in [0, 0.05) is 20.0 Å². The van der Waals surface area contributed by atoms with Crippen LogP contribution in [0.5, 0.6) is 5.75 Å². The van der Waals surface area contributed by atoms with E-state index in [1.165, 1.54) is 24.1 Å². The third-order valence-electron chi connectivity index (χ3n) is 7.00. The molecule has 0 spiro atoms. The van der Waals surface area contributed by atoms with Crippen LogP contribution < -0.4 is 14.4 Å². The van der Waals surface area contributed by atoms with Gasteiger partial charge in [0.1, 0.15) is 18.3 Å². The van der Waals surface area contributed by atoms with E-state index >= 15 is 0 Å². The molecule has 0 aliphatic carbocycles. The van der Waals surface area contributed by atoms with Gasteiger partial charge >= 0.3 is 0 Å². The Labute approximate surface area is 254 Å². The molecule has 0 fully saturated rings. The number of carbonyl (C=O) groups is 2. The van der Waals surface area contributed by atoms with Crippen LogP contribution in [0.1, 0.15) is 23.6 Å². The lowest BCUT2D eigenvalue weighted by atomic mass is 10.0. The van der Waals surface area contributed by atoms with Crippen molar-refractivity contribution >= 4 is 27.5 Å². The molecule has 2 amide bonds. The van der Waals surface area contributed by atoms with Crippen LogP contribution in [0.4, 0.5) is 5.69 Å². The van der Waals surface area contributed by atoms with Gasteiger partial charge in [0.05, 0.1) is 17.2 Å². The van der Waals surface area contributed by atoms with E-state index in [2.05, 4.69) is 5.32 Å². The van der Waals surface area contributed by atoms with Crippen LogP contribution in [0.15, 0.2) is 114 Å². The first-order chi connectivity index (χ1) is 20.7. The predicted octanol–water partition coefficient (Wildman–Crippen LogP) is 4.98. The van der Waals surface area contributed by atoms with Crippen molar-refractivity contribution in [2.75, 3.05) is 24.5 Å². The minimum Gasteiger partial charge on any atom is -0.494 e. The zero-order valence-electron chi connectivity index (χ0n) is 24.6. The summed E-state index contributed by atoms with van der Waals surface area (Å²) in [5.41, 5.74) is 3.05. The van der Waals surface area contributed by atoms with Gasteiger partial charge in [-0.3, -0.25) is 13.9 Å². The van der Waals surface area contributed by atoms with Crippen molar-refractivity contribution in [3.63, 3.8) is 0 Å². The molecule has 4 aromatic carbocycles. The number of hydrogen-bond acceptors (Lipinski definition) is 5. The molecule has 0 radical (unpaired) electrons. The number of hydrogen-bond donors (Lipinski definition) is 1. The summed E-state index contributed by atoms with van der Waals surface area (Å²) in [6.45, 7) is 3.87. The number of rotatable bonds is 13. The Morgan fingerprint density at radius 1 is 0.837 bits per heavy atom. The minimum absolute atomic E-state index is 0.0185. The molecule has 1 N–H and O–H groups in total. The first-order valence-corrected chi connectivity index (χ1v) is 15.6. The third-order valence-corrected chi connectivity index (χ3v) is 8.79. The Hall–Kier alpha value is -4.63. The van der Waals surface area contributed by atoms with E-state index in [0.717, 1.165) is 21.0 Å². The largest absolute Gasteiger partial charge is 0.494 e. The Balaban J connectivity index is 1.75. The van der Waals surface area contributed by atoms with Crippen molar-refractivity contribution in [2.24, 2.45) is 0 Å². The highest BCUT2D eigenvalue weighted by molar-refractivity contribution is 7.92. The molecule has 4 aromatic rings. The summed E-state index contributed by atoms with van der Waals surface area (Å²) in [5.74, 6) is -0.308. The number of nitrogens with zero attached hydrogens (tertiary/aromatic N) is 2. The van der Waals surface area contributed by atoms with Crippen LogP contribution in [0.25, 0.3) is 0 Å². The first kappa shape index (κ1) is 31.3. The number of aryl methyl sites for hydroxylation is 1. The summed E-state index contributed by atoms with van der Waals surface area (Å²) < 4.78 is 34.7. The third kappa shape index (κ3) is 8.02. The molecular formula is C34H37N3O5S. The molecule has 0 aromatic heterocycles. The predicted molar refractivity (Wildman–Crippen MR) is 168 cm³/mol. The smallest absolute Gasteiger partial charge is 0.264 e. The molecule has 43 heavy (non-hydrogen) atoms. The van der Waals surface area contributed by atoms with Crippen LogP contribution in [0.3, 0.4) is 0 Å². The van der Waals surface area contributed by atoms with E-state index < -0.39 is 28.5 Å². The molecular weight excluding hydrogens is 562 g/mol. The summed E-state index contributed by atoms with van der Waals surface area (Å²) >= 11 is 0. The zero-order valence-corrected chi connectivity index (χ0v) is 25.5. The van der Waals surface area contributed by atoms with Gasteiger partial charge in [-0.1, -0.05) is 78.4 Å². The molecule has 224 valence electrons. The standard InChI is InChI=1S/C34H37N3O5S/c1-4-42-30-18-20-31(21-19-30)43(40,41)37(29-16-9-6-10-17-29)25-33(38)36(24-28-15-11-12-26(2)22-28)32(34(39)35-3)23-27-13-7-5-8-14-27/h5-22,32H,4,23-25H2,1-3H3,(H,35,39). The summed E-state index contributed by atoms with van der Waals surface area (Å²) in [7, 11) is -2.64. The Morgan fingerprint density at radius 2 is 1.47 bits per heavy atom. The van der Waals surface area contributed by atoms with E-state index in [-0.39, 0.29) is 23.8 Å². The van der Waals surface area contributed by atoms with Crippen molar-refractivity contribution in [2.45, 2.75) is 37.8 Å². The number of anilines is 1. The number of benzene rings is 4. The fraction of sp³-hybridized carbons (Fsp3) is 0.235. The van der Waals surface area contributed by atoms with Crippen LogP contribution in [0, 0.1) is 6.92 Å². The number of carbonyl (C=O) groups excluding carboxylic acids is 2. The highest BCUT2D eigenvalue weighted by Gasteiger charge is 2.34. The van der Waals surface area contributed by atoms with E-state index in [4.69, 9.17) is 4.74 Å². The summed E-state index contributed by atoms with van der Waals surface area (Å²) in [5, 5.41) is 2.70. The molecule has 9 heteroatoms. The summed E-state index contributed by atoms with van der Waals surface area (Å²) in [6, 6.07) is 30.9. The number of likely N-dealkylation sites (N-methyl/N-ethyl adjacent to an activating group) is 1. The highest BCUT2D eigenvalue weighted by atomic mass is 32.2. The lowest BCUT2D eigenvalue weighted by Gasteiger charge is -2.33. The lowest BCUT2D eigenvalue weighted by molar-refractivity contribution is -0.139. The van der Waals surface area contributed by atoms with Crippen molar-refractivity contribution in [3.8, 4) is 5.75 Å². The summed E-state index contributed by atoms with van der Waals surface area (Å²) in [6.07, 6.45) is 0.259. The van der Waals surface area contributed by atoms with E-state index in [1.807, 2.05) is 68.4 Å². The minimum atomic E-state index is -4.17. The molecule has 0 saturated heterocycles. The molecule has 0 aliphatic rings. The number of amides is 2. The second kappa shape index (κ2) is 14.5. The highest BCUT2D eigenvalue weighted by Crippen LogP contribution is 2.26. The second-order valence-corrected chi connectivity index (χ2v) is 11.9. The van der Waals surface area contributed by atoms with Crippen LogP contribution in [0.2, 0.25) is 0 Å². The molecule has 1 atom stereocenters. The van der Waals surface area contributed by atoms with Gasteiger partial charge in [-0.05, 0) is 61.4 Å². The number of sulfonamides is 1. The van der Waals surface area contributed by atoms with Crippen molar-refractivity contribution in [3.05, 3.63) is 126 Å². The quantitative estimate of drug-likeness (QED) is 0.234. The van der Waals surface area contributed by atoms with Crippen molar-refractivity contribution in [1.29, 1.82) is 0 Å². The lowest BCUT2D eigenvalue weighted by Crippen LogP contribution is -2.53. The van der Waals surface area contributed by atoms with Crippen LogP contribution >= 0.6 is 0 Å². The van der Waals surface area contributed by atoms with Gasteiger partial charge in [-0.15, -0.1) is 0 Å². The fourth-order valence-electron chi connectivity index (χ4n) is 4.85. The second-order valence-electron chi connectivity index (χ2n) is 10.1. The summed E-state index contributed by atoms with van der Waals surface area (Å²) in [4.78, 5) is 29.1. The average Bonchev–Trinajstić information content (AvgIpc) is 3.02. The topological polar surface area (TPSA) is 96.0 Å². The number of para-hydroxylation sites is 1. The van der Waals surface area contributed by atoms with Crippen LogP contribution in [-0.4, -0.2) is 51.4 Å². The Morgan fingerprint density at radius 3 is 2.07 bits per heavy atom. The number of nitrogens with one attached hydrogen (secondary N) is 1. The normalized spacial score (nSPS) is 11.8. The van der Waals surface area contributed by atoms with Gasteiger partial charge in [0.15, 0.2) is 0 Å². The van der Waals surface area contributed by atoms with Crippen molar-refractivity contribution in [1.82, 2.24) is 10.2 Å². The maximum Gasteiger partial charge on any atom is 0.264 e. The van der Waals surface area contributed by atoms with Gasteiger partial charge in [-0.2, -0.15) is 0 Å². The van der Waals surface area contributed by atoms with Crippen molar-refractivity contribution < 1.29 is 22.7 Å². The molecule has 0 saturated carbocycles. The molecule has 0 aliphatic heterocycles. The van der Waals surface area contributed by atoms with Gasteiger partial charge in [0.25, 0.3) is 10.0 Å². The molecule has 0 heterocycles. The Bertz CT molecular complexity index is 1610. The zero-order chi connectivity index (χ0) is 30.8. The molecule has 0 bridgehead atoms. The van der Waals surface area contributed by atoms with E-state index in [0.29, 0.717) is 18.0 Å². The maximum atomic E-state index is 14.3. The Kier molecular flexibility index (Phi) is 10.6. The first-order valence-electron chi connectivity index (χ1n) is 14.1. The SMILES string of the molecule is CCOc1ccc(S(=O)(=O)N(CC(=O)N(Cc2cccc(C)c2)C(Cc2ccccc2)C(=O)NC)c2ccccc2)cc1. The number of ether oxygens (including phenoxy) is 1. The van der Waals surface area contributed by atoms with Gasteiger partial charge in [-0.25, -0.2) is 8.42 Å². The molecule has 4 rings (SSSR count). The average molecular weight is 600 g/mol. The van der Waals surface area contributed by atoms with E-state index in [9.17, 15) is 18.0 Å². The van der Waals surface area contributed by atoms with Gasteiger partial charge in [0.2, 0.25) is 11.8 Å². The maximum absolute atomic E-state index is 14.3. The fourth-order valence-corrected chi connectivity index (χ4v) is 6.27. The van der Waals surface area contributed by atoms with Crippen LogP contribution in [-0.2, 0) is 32.6 Å². The monoisotopic (exact) mass is 599 g/mol. The molecule has 1 unspecified atom stereocenters. The van der Waals surface area contributed by atoms with E-state index in [1.54, 1.807) is 42.5 Å². The van der Waals surface area contributed by atoms with Gasteiger partial charge < -0.3 is 15.0 Å². The molecule has 8 nitrogen and oxygen atoms in total.